The fourth-order valence-electron chi connectivity index (χ4n) is 2.54. The predicted octanol–water partition coefficient (Wildman–Crippen LogP) is 4.22. The Morgan fingerprint density at radius 3 is 2.43 bits per heavy atom. The van der Waals surface area contributed by atoms with Gasteiger partial charge < -0.3 is 10.2 Å². The van der Waals surface area contributed by atoms with Crippen LogP contribution >= 0.6 is 11.3 Å². The van der Waals surface area contributed by atoms with Crippen molar-refractivity contribution >= 4 is 23.1 Å². The van der Waals surface area contributed by atoms with Gasteiger partial charge in [0.2, 0.25) is 0 Å². The number of carbonyl (C=O) groups excluding carboxylic acids is 1. The number of anilines is 1. The summed E-state index contributed by atoms with van der Waals surface area (Å²) in [6.45, 7) is 1.73. The fraction of sp³-hybridized carbons (Fsp3) is 0.375. The van der Waals surface area contributed by atoms with Gasteiger partial charge in [-0.15, -0.1) is 11.3 Å². The molecule has 0 spiro atoms. The maximum atomic E-state index is 12.2. The highest BCUT2D eigenvalue weighted by Gasteiger charge is 2.15. The lowest BCUT2D eigenvalue weighted by atomic mass is 10.2. The Morgan fingerprint density at radius 2 is 1.81 bits per heavy atom. The van der Waals surface area contributed by atoms with E-state index in [1.165, 1.54) is 12.8 Å². The summed E-state index contributed by atoms with van der Waals surface area (Å²) in [6.07, 6.45) is 6.47. The number of urea groups is 1. The maximum Gasteiger partial charge on any atom is 0.321 e. The lowest BCUT2D eigenvalue weighted by Crippen LogP contribution is -2.35. The summed E-state index contributed by atoms with van der Waals surface area (Å²) in [4.78, 5) is 18.4. The number of hydrogen-bond acceptors (Lipinski definition) is 3. The highest BCUT2D eigenvalue weighted by molar-refractivity contribution is 7.13. The molecule has 0 bridgehead atoms. The molecule has 1 saturated heterocycles. The molecule has 3 rings (SSSR count). The maximum absolute atomic E-state index is 12.2. The molecule has 5 heteroatoms. The standard InChI is InChI=1S/C16H19N3OS/c20-16(19-10-3-1-2-4-11-19)18-14-7-5-13(6-8-14)15-17-9-12-21-15/h5-9,12H,1-4,10-11H2,(H,18,20). The van der Waals surface area contributed by atoms with E-state index in [9.17, 15) is 4.79 Å². The second-order valence-corrected chi connectivity index (χ2v) is 6.14. The summed E-state index contributed by atoms with van der Waals surface area (Å²) in [6, 6.07) is 7.88. The molecule has 1 aliphatic rings. The molecule has 1 aliphatic heterocycles. The molecule has 1 aromatic heterocycles. The molecule has 21 heavy (non-hydrogen) atoms. The Balaban J connectivity index is 1.63. The molecule has 0 unspecified atom stereocenters. The monoisotopic (exact) mass is 301 g/mol. The molecule has 1 aromatic carbocycles. The van der Waals surface area contributed by atoms with Gasteiger partial charge in [-0.05, 0) is 37.1 Å². The van der Waals surface area contributed by atoms with Gasteiger partial charge in [0, 0.05) is 35.9 Å². The van der Waals surface area contributed by atoms with E-state index < -0.39 is 0 Å². The van der Waals surface area contributed by atoms with Gasteiger partial charge in [0.05, 0.1) is 0 Å². The minimum atomic E-state index is 0.0129. The van der Waals surface area contributed by atoms with Crippen molar-refractivity contribution in [3.05, 3.63) is 35.8 Å². The predicted molar refractivity (Wildman–Crippen MR) is 86.6 cm³/mol. The van der Waals surface area contributed by atoms with Crippen LogP contribution in [-0.4, -0.2) is 29.0 Å². The number of amides is 2. The van der Waals surface area contributed by atoms with Crippen LogP contribution in [0, 0.1) is 0 Å². The van der Waals surface area contributed by atoms with Gasteiger partial charge in [-0.1, -0.05) is 12.8 Å². The molecule has 0 radical (unpaired) electrons. The van der Waals surface area contributed by atoms with Crippen molar-refractivity contribution in [2.75, 3.05) is 18.4 Å². The average Bonchev–Trinajstić information content (AvgIpc) is 2.90. The van der Waals surface area contributed by atoms with E-state index >= 15 is 0 Å². The smallest absolute Gasteiger partial charge is 0.321 e. The summed E-state index contributed by atoms with van der Waals surface area (Å²) in [5.41, 5.74) is 1.92. The molecule has 4 nitrogen and oxygen atoms in total. The van der Waals surface area contributed by atoms with Gasteiger partial charge in [-0.25, -0.2) is 9.78 Å². The normalized spacial score (nSPS) is 15.5. The van der Waals surface area contributed by atoms with Gasteiger partial charge in [0.25, 0.3) is 0 Å². The third kappa shape index (κ3) is 3.61. The first-order valence-electron chi connectivity index (χ1n) is 7.39. The number of aromatic nitrogens is 1. The van der Waals surface area contributed by atoms with Crippen LogP contribution in [0.3, 0.4) is 0 Å². The molecule has 1 fully saturated rings. The van der Waals surface area contributed by atoms with Crippen LogP contribution in [0.15, 0.2) is 35.8 Å². The molecule has 1 N–H and O–H groups in total. The highest BCUT2D eigenvalue weighted by atomic mass is 32.1. The number of likely N-dealkylation sites (tertiary alicyclic amines) is 1. The van der Waals surface area contributed by atoms with E-state index in [0.717, 1.165) is 42.2 Å². The summed E-state index contributed by atoms with van der Waals surface area (Å²) in [5, 5.41) is 5.94. The molecular formula is C16H19N3OS. The molecule has 2 aromatic rings. The van der Waals surface area contributed by atoms with Crippen molar-refractivity contribution in [3.8, 4) is 10.6 Å². The number of nitrogens with one attached hydrogen (secondary N) is 1. The Kier molecular flexibility index (Phi) is 4.50. The minimum Gasteiger partial charge on any atom is -0.325 e. The second-order valence-electron chi connectivity index (χ2n) is 5.25. The van der Waals surface area contributed by atoms with E-state index in [0.29, 0.717) is 0 Å². The number of carbonyl (C=O) groups is 1. The van der Waals surface area contributed by atoms with Crippen LogP contribution in [0.2, 0.25) is 0 Å². The van der Waals surface area contributed by atoms with E-state index in [-0.39, 0.29) is 6.03 Å². The molecule has 2 heterocycles. The van der Waals surface area contributed by atoms with Gasteiger partial charge in [-0.3, -0.25) is 0 Å². The first kappa shape index (κ1) is 14.1. The topological polar surface area (TPSA) is 45.2 Å². The van der Waals surface area contributed by atoms with Crippen molar-refractivity contribution in [1.82, 2.24) is 9.88 Å². The number of hydrogen-bond donors (Lipinski definition) is 1. The third-order valence-corrected chi connectivity index (χ3v) is 4.53. The fourth-order valence-corrected chi connectivity index (χ4v) is 3.18. The Hall–Kier alpha value is -1.88. The van der Waals surface area contributed by atoms with Crippen LogP contribution in [0.1, 0.15) is 25.7 Å². The molecule has 2 amide bonds. The zero-order valence-electron chi connectivity index (χ0n) is 11.9. The zero-order chi connectivity index (χ0) is 14.5. The highest BCUT2D eigenvalue weighted by Crippen LogP contribution is 2.23. The summed E-state index contributed by atoms with van der Waals surface area (Å²) in [5.74, 6) is 0. The largest absolute Gasteiger partial charge is 0.325 e. The average molecular weight is 301 g/mol. The lowest BCUT2D eigenvalue weighted by molar-refractivity contribution is 0.214. The van der Waals surface area contributed by atoms with Crippen LogP contribution in [-0.2, 0) is 0 Å². The van der Waals surface area contributed by atoms with E-state index in [1.54, 1.807) is 17.5 Å². The van der Waals surface area contributed by atoms with Gasteiger partial charge in [0.1, 0.15) is 5.01 Å². The van der Waals surface area contributed by atoms with Crippen molar-refractivity contribution < 1.29 is 4.79 Å². The van der Waals surface area contributed by atoms with Crippen LogP contribution < -0.4 is 5.32 Å². The van der Waals surface area contributed by atoms with Crippen molar-refractivity contribution in [2.24, 2.45) is 0 Å². The second kappa shape index (κ2) is 6.72. The number of benzene rings is 1. The van der Waals surface area contributed by atoms with E-state index in [4.69, 9.17) is 0 Å². The SMILES string of the molecule is O=C(Nc1ccc(-c2nccs2)cc1)N1CCCCCC1. The van der Waals surface area contributed by atoms with Crippen molar-refractivity contribution in [1.29, 1.82) is 0 Å². The zero-order valence-corrected chi connectivity index (χ0v) is 12.7. The summed E-state index contributed by atoms with van der Waals surface area (Å²) >= 11 is 1.61. The first-order chi connectivity index (χ1) is 10.3. The van der Waals surface area contributed by atoms with Gasteiger partial charge >= 0.3 is 6.03 Å². The lowest BCUT2D eigenvalue weighted by Gasteiger charge is -2.20. The van der Waals surface area contributed by atoms with Crippen molar-refractivity contribution in [3.63, 3.8) is 0 Å². The van der Waals surface area contributed by atoms with Crippen LogP contribution in [0.4, 0.5) is 10.5 Å². The molecule has 0 aliphatic carbocycles. The Labute approximate surface area is 128 Å². The number of thiazole rings is 1. The Morgan fingerprint density at radius 1 is 1.10 bits per heavy atom. The van der Waals surface area contributed by atoms with Crippen molar-refractivity contribution in [2.45, 2.75) is 25.7 Å². The number of rotatable bonds is 2. The van der Waals surface area contributed by atoms with E-state index in [2.05, 4.69) is 10.3 Å². The molecule has 110 valence electrons. The summed E-state index contributed by atoms with van der Waals surface area (Å²) < 4.78 is 0. The molecule has 0 atom stereocenters. The molecule has 0 saturated carbocycles. The quantitative estimate of drug-likeness (QED) is 0.902. The van der Waals surface area contributed by atoms with Gasteiger partial charge in [-0.2, -0.15) is 0 Å². The van der Waals surface area contributed by atoms with E-state index in [1.807, 2.05) is 34.5 Å². The third-order valence-electron chi connectivity index (χ3n) is 3.71. The van der Waals surface area contributed by atoms with Crippen LogP contribution in [0.5, 0.6) is 0 Å². The minimum absolute atomic E-state index is 0.0129. The first-order valence-corrected chi connectivity index (χ1v) is 8.27. The van der Waals surface area contributed by atoms with Crippen LogP contribution in [0.25, 0.3) is 10.6 Å². The number of nitrogens with zero attached hydrogens (tertiary/aromatic N) is 2. The molecular weight excluding hydrogens is 282 g/mol. The van der Waals surface area contributed by atoms with Gasteiger partial charge in [0.15, 0.2) is 0 Å². The summed E-state index contributed by atoms with van der Waals surface area (Å²) in [7, 11) is 0. The Bertz CT molecular complexity index is 572.